The van der Waals surface area contributed by atoms with Gasteiger partial charge in [0.05, 0.1) is 33.2 Å². The molecule has 0 aliphatic carbocycles. The van der Waals surface area contributed by atoms with Gasteiger partial charge < -0.3 is 9.38 Å². The highest BCUT2D eigenvalue weighted by molar-refractivity contribution is 7.47. The zero-order valence-corrected chi connectivity index (χ0v) is 19.6. The number of quaternary nitrogens is 1. The van der Waals surface area contributed by atoms with Crippen molar-refractivity contribution in [2.24, 2.45) is 0 Å². The summed E-state index contributed by atoms with van der Waals surface area (Å²) in [6.45, 7) is 3.24. The minimum atomic E-state index is -3.94. The maximum atomic E-state index is 12.3. The normalized spacial score (nSPS) is 32.2. The largest absolute Gasteiger partial charge is 0.477 e. The molecular formula is C22H45NO4P+. The molecule has 2 saturated heterocycles. The monoisotopic (exact) mass is 418 g/mol. The van der Waals surface area contributed by atoms with E-state index in [1.165, 1.54) is 70.6 Å². The van der Waals surface area contributed by atoms with Gasteiger partial charge in [0.1, 0.15) is 0 Å². The van der Waals surface area contributed by atoms with Crippen LogP contribution in [-0.2, 0) is 13.6 Å². The van der Waals surface area contributed by atoms with Crippen LogP contribution in [0.1, 0.15) is 110 Å². The van der Waals surface area contributed by atoms with Gasteiger partial charge in [-0.3, -0.25) is 4.52 Å². The number of fused-ring (bicyclic) bond motifs is 2. The molecule has 2 bridgehead atoms. The van der Waals surface area contributed by atoms with E-state index in [0.717, 1.165) is 38.6 Å². The van der Waals surface area contributed by atoms with Gasteiger partial charge in [-0.25, -0.2) is 9.09 Å². The van der Waals surface area contributed by atoms with Crippen molar-refractivity contribution in [3.05, 3.63) is 0 Å². The summed E-state index contributed by atoms with van der Waals surface area (Å²) in [5.74, 6) is 0. The van der Waals surface area contributed by atoms with Crippen LogP contribution in [0.15, 0.2) is 0 Å². The minimum Gasteiger partial charge on any atom is -0.302 e. The number of hydrogen-bond donors (Lipinski definition) is 1. The molecular weight excluding hydrogens is 373 g/mol. The Kier molecular flexibility index (Phi) is 9.96. The molecule has 0 aromatic heterocycles. The van der Waals surface area contributed by atoms with Crippen molar-refractivity contribution in [2.75, 3.05) is 20.6 Å². The maximum absolute atomic E-state index is 12.3. The Balaban J connectivity index is 1.66. The fraction of sp³-hybridized carbons (Fsp3) is 1.00. The summed E-state index contributed by atoms with van der Waals surface area (Å²) in [5.41, 5.74) is -0.567. The van der Waals surface area contributed by atoms with Crippen LogP contribution in [0.25, 0.3) is 0 Å². The Morgan fingerprint density at radius 1 is 0.964 bits per heavy atom. The van der Waals surface area contributed by atoms with Crippen LogP contribution in [0, 0.1) is 0 Å². The zero-order chi connectivity index (χ0) is 20.5. The molecule has 0 aromatic rings. The second-order valence-corrected chi connectivity index (χ2v) is 11.0. The van der Waals surface area contributed by atoms with Gasteiger partial charge in [0.15, 0.2) is 0 Å². The van der Waals surface area contributed by atoms with E-state index in [-0.39, 0.29) is 6.10 Å². The summed E-state index contributed by atoms with van der Waals surface area (Å²) in [7, 11) is 0.357. The molecule has 0 amide bonds. The molecule has 166 valence electrons. The number of phosphoric ester groups is 1. The van der Waals surface area contributed by atoms with Crippen molar-refractivity contribution in [1.82, 2.24) is 0 Å². The lowest BCUT2D eigenvalue weighted by Crippen LogP contribution is -2.62. The maximum Gasteiger partial charge on any atom is 0.477 e. The predicted molar refractivity (Wildman–Crippen MR) is 115 cm³/mol. The van der Waals surface area contributed by atoms with Gasteiger partial charge in [-0.15, -0.1) is 0 Å². The van der Waals surface area contributed by atoms with E-state index >= 15 is 0 Å². The summed E-state index contributed by atoms with van der Waals surface area (Å²) in [4.78, 5) is 10.1. The molecule has 0 radical (unpaired) electrons. The highest BCUT2D eigenvalue weighted by Crippen LogP contribution is 2.59. The van der Waals surface area contributed by atoms with Crippen molar-refractivity contribution in [1.29, 1.82) is 0 Å². The second-order valence-electron chi connectivity index (χ2n) is 9.63. The number of unbranched alkanes of at least 4 members (excludes halogenated alkanes) is 11. The van der Waals surface area contributed by atoms with E-state index in [9.17, 15) is 9.46 Å². The molecule has 3 atom stereocenters. The lowest BCUT2D eigenvalue weighted by atomic mass is 9.95. The molecule has 2 rings (SSSR count). The van der Waals surface area contributed by atoms with Crippen LogP contribution >= 0.6 is 7.82 Å². The molecule has 28 heavy (non-hydrogen) atoms. The molecule has 2 heterocycles. The highest BCUT2D eigenvalue weighted by Gasteiger charge is 2.58. The minimum absolute atomic E-state index is 0.137. The summed E-state index contributed by atoms with van der Waals surface area (Å²) >= 11 is 0. The SMILES string of the molecule is CCCCCCCCCCCCCCC12CC(CCC[N+]1(C)C)OP(=O)(O)O2. The van der Waals surface area contributed by atoms with Crippen molar-refractivity contribution in [3.8, 4) is 0 Å². The first-order chi connectivity index (χ1) is 13.3. The first-order valence-electron chi connectivity index (χ1n) is 11.9. The molecule has 6 heteroatoms. The first-order valence-corrected chi connectivity index (χ1v) is 13.3. The molecule has 5 nitrogen and oxygen atoms in total. The molecule has 2 aliphatic rings. The molecule has 1 N–H and O–H groups in total. The van der Waals surface area contributed by atoms with Gasteiger partial charge in [-0.1, -0.05) is 77.6 Å². The van der Waals surface area contributed by atoms with Crippen molar-refractivity contribution in [3.63, 3.8) is 0 Å². The predicted octanol–water partition coefficient (Wildman–Crippen LogP) is 6.55. The van der Waals surface area contributed by atoms with E-state index in [4.69, 9.17) is 9.05 Å². The zero-order valence-electron chi connectivity index (χ0n) is 18.7. The summed E-state index contributed by atoms with van der Waals surface area (Å²) in [5, 5.41) is 0. The van der Waals surface area contributed by atoms with Gasteiger partial charge in [-0.05, 0) is 19.3 Å². The Bertz CT molecular complexity index is 499. The van der Waals surface area contributed by atoms with Crippen LogP contribution in [0.5, 0.6) is 0 Å². The van der Waals surface area contributed by atoms with Crippen LogP contribution in [0.2, 0.25) is 0 Å². The quantitative estimate of drug-likeness (QED) is 0.209. The fourth-order valence-corrected chi connectivity index (χ4v) is 6.39. The summed E-state index contributed by atoms with van der Waals surface area (Å²) < 4.78 is 24.1. The molecule has 2 aliphatic heterocycles. The van der Waals surface area contributed by atoms with E-state index in [1.54, 1.807) is 0 Å². The average Bonchev–Trinajstić information content (AvgIpc) is 2.69. The van der Waals surface area contributed by atoms with Crippen molar-refractivity contribution in [2.45, 2.75) is 121 Å². The highest BCUT2D eigenvalue weighted by atomic mass is 31.2. The van der Waals surface area contributed by atoms with Crippen molar-refractivity contribution < 1.29 is 23.0 Å². The average molecular weight is 419 g/mol. The van der Waals surface area contributed by atoms with E-state index in [1.807, 2.05) is 0 Å². The van der Waals surface area contributed by atoms with Gasteiger partial charge in [-0.2, -0.15) is 0 Å². The van der Waals surface area contributed by atoms with Crippen LogP contribution in [0.3, 0.4) is 0 Å². The van der Waals surface area contributed by atoms with E-state index in [2.05, 4.69) is 21.0 Å². The Morgan fingerprint density at radius 3 is 2.07 bits per heavy atom. The third kappa shape index (κ3) is 7.40. The standard InChI is InChI=1S/C22H44NO4P/c1-4-5-6-7-8-9-10-11-12-13-14-15-18-22-20-21(26-28(24,25)27-22)17-16-19-23(22,2)3/h21H,4-20H2,1-3H3/p+1. The van der Waals surface area contributed by atoms with Crippen LogP contribution in [-0.4, -0.2) is 41.8 Å². The molecule has 0 spiro atoms. The van der Waals surface area contributed by atoms with Gasteiger partial charge in [0.25, 0.3) is 0 Å². The van der Waals surface area contributed by atoms with E-state index < -0.39 is 13.5 Å². The lowest BCUT2D eigenvalue weighted by Gasteiger charge is -2.49. The van der Waals surface area contributed by atoms with Gasteiger partial charge in [0.2, 0.25) is 5.72 Å². The molecule has 0 saturated carbocycles. The second kappa shape index (κ2) is 11.5. The number of phosphoric acid groups is 1. The third-order valence-corrected chi connectivity index (χ3v) is 8.02. The van der Waals surface area contributed by atoms with E-state index in [0.29, 0.717) is 4.48 Å². The number of hydrogen-bond acceptors (Lipinski definition) is 3. The Morgan fingerprint density at radius 2 is 1.50 bits per heavy atom. The number of nitrogens with zero attached hydrogens (tertiary/aromatic N) is 1. The molecule has 2 fully saturated rings. The molecule has 3 unspecified atom stereocenters. The summed E-state index contributed by atoms with van der Waals surface area (Å²) in [6.07, 6.45) is 19.2. The van der Waals surface area contributed by atoms with Crippen molar-refractivity contribution >= 4 is 7.82 Å². The van der Waals surface area contributed by atoms with Crippen LogP contribution < -0.4 is 0 Å². The fourth-order valence-electron chi connectivity index (χ4n) is 4.98. The van der Waals surface area contributed by atoms with Crippen LogP contribution in [0.4, 0.5) is 0 Å². The first kappa shape index (κ1) is 24.3. The smallest absolute Gasteiger partial charge is 0.302 e. The number of rotatable bonds is 13. The van der Waals surface area contributed by atoms with Gasteiger partial charge in [0, 0.05) is 6.42 Å². The summed E-state index contributed by atoms with van der Waals surface area (Å²) in [6, 6.07) is 0. The number of likely N-dealkylation sites (tertiary alicyclic amines) is 1. The van der Waals surface area contributed by atoms with Gasteiger partial charge >= 0.3 is 7.82 Å². The Labute approximate surface area is 173 Å². The lowest BCUT2D eigenvalue weighted by molar-refractivity contribution is -0.964. The Hall–Kier alpha value is 0.0700. The molecule has 0 aromatic carbocycles. The third-order valence-electron chi connectivity index (χ3n) is 6.88. The topological polar surface area (TPSA) is 55.8 Å².